The van der Waals surface area contributed by atoms with Crippen LogP contribution in [0, 0.1) is 13.8 Å². The van der Waals surface area contributed by atoms with Crippen molar-refractivity contribution in [1.29, 1.82) is 0 Å². The summed E-state index contributed by atoms with van der Waals surface area (Å²) in [6, 6.07) is 13.5. The fourth-order valence-corrected chi connectivity index (χ4v) is 3.19. The van der Waals surface area contributed by atoms with E-state index in [9.17, 15) is 4.79 Å². The van der Waals surface area contributed by atoms with Crippen LogP contribution >= 0.6 is 24.0 Å². The number of halogens is 2. The summed E-state index contributed by atoms with van der Waals surface area (Å²) in [7, 11) is 0. The molecule has 0 aromatic heterocycles. The molecule has 0 bridgehead atoms. The summed E-state index contributed by atoms with van der Waals surface area (Å²) in [4.78, 5) is 16.6. The van der Waals surface area contributed by atoms with Gasteiger partial charge in [0.2, 0.25) is 0 Å². The highest BCUT2D eigenvalue weighted by Crippen LogP contribution is 2.24. The molecule has 0 radical (unpaired) electrons. The number of anilines is 2. The molecule has 1 N–H and O–H groups in total. The molecule has 3 rings (SSSR count). The molecule has 1 aliphatic rings. The number of carbonyl (C=O) groups excluding carboxylic acids is 1. The van der Waals surface area contributed by atoms with Crippen molar-refractivity contribution in [3.05, 3.63) is 58.6 Å². The van der Waals surface area contributed by atoms with E-state index in [0.717, 1.165) is 18.8 Å². The molecule has 0 unspecified atom stereocenters. The number of nitrogens with one attached hydrogen (secondary N) is 1. The Bertz CT molecular complexity index is 743. The number of nitrogens with zero attached hydrogens (tertiary/aromatic N) is 2. The minimum Gasteiger partial charge on any atom is -0.368 e. The third-order valence-corrected chi connectivity index (χ3v) is 4.79. The fourth-order valence-electron chi connectivity index (χ4n) is 3.00. The summed E-state index contributed by atoms with van der Waals surface area (Å²) in [5.74, 6) is 0. The Morgan fingerprint density at radius 1 is 1.04 bits per heavy atom. The number of urea groups is 1. The Kier molecular flexibility index (Phi) is 6.57. The second-order valence-electron chi connectivity index (χ2n) is 6.13. The van der Waals surface area contributed by atoms with E-state index in [4.69, 9.17) is 11.6 Å². The van der Waals surface area contributed by atoms with E-state index in [1.807, 2.05) is 17.0 Å². The lowest BCUT2D eigenvalue weighted by Crippen LogP contribution is -2.50. The highest BCUT2D eigenvalue weighted by atomic mass is 35.5. The molecule has 6 heteroatoms. The molecular weight excluding hydrogens is 357 g/mol. The SMILES string of the molecule is Cc1cccc(N2CCN(C(=O)Nc3cccc(Cl)c3)CC2)c1C.Cl. The number of aryl methyl sites for hydroxylation is 1. The second kappa shape index (κ2) is 8.45. The maximum Gasteiger partial charge on any atom is 0.321 e. The average Bonchev–Trinajstić information content (AvgIpc) is 2.57. The summed E-state index contributed by atoms with van der Waals surface area (Å²) in [5.41, 5.74) is 4.61. The van der Waals surface area contributed by atoms with E-state index in [2.05, 4.69) is 42.3 Å². The normalized spacial score (nSPS) is 14.0. The van der Waals surface area contributed by atoms with Crippen LogP contribution in [0.25, 0.3) is 0 Å². The van der Waals surface area contributed by atoms with Crippen LogP contribution in [0.5, 0.6) is 0 Å². The van der Waals surface area contributed by atoms with E-state index in [1.54, 1.807) is 12.1 Å². The van der Waals surface area contributed by atoms with Gasteiger partial charge < -0.3 is 15.1 Å². The summed E-state index contributed by atoms with van der Waals surface area (Å²) < 4.78 is 0. The predicted molar refractivity (Wildman–Crippen MR) is 107 cm³/mol. The first-order chi connectivity index (χ1) is 11.5. The van der Waals surface area contributed by atoms with Gasteiger partial charge in [-0.1, -0.05) is 29.8 Å². The molecule has 0 atom stereocenters. The molecular formula is C19H23Cl2N3O. The highest BCUT2D eigenvalue weighted by molar-refractivity contribution is 6.30. The van der Waals surface area contributed by atoms with E-state index in [-0.39, 0.29) is 18.4 Å². The Hall–Kier alpha value is -1.91. The first-order valence-electron chi connectivity index (χ1n) is 8.17. The van der Waals surface area contributed by atoms with Crippen LogP contribution in [0.4, 0.5) is 16.2 Å². The number of amides is 2. The van der Waals surface area contributed by atoms with Crippen LogP contribution in [0.3, 0.4) is 0 Å². The van der Waals surface area contributed by atoms with E-state index in [1.165, 1.54) is 16.8 Å². The lowest BCUT2D eigenvalue weighted by Gasteiger charge is -2.37. The molecule has 134 valence electrons. The van der Waals surface area contributed by atoms with Crippen LogP contribution in [0.1, 0.15) is 11.1 Å². The van der Waals surface area contributed by atoms with Gasteiger partial charge in [0, 0.05) is 42.6 Å². The molecule has 1 saturated heterocycles. The molecule has 0 saturated carbocycles. The first-order valence-corrected chi connectivity index (χ1v) is 8.55. The largest absolute Gasteiger partial charge is 0.368 e. The minimum atomic E-state index is -0.0714. The highest BCUT2D eigenvalue weighted by Gasteiger charge is 2.22. The van der Waals surface area contributed by atoms with Gasteiger partial charge in [-0.15, -0.1) is 12.4 Å². The van der Waals surface area contributed by atoms with Crippen LogP contribution in [-0.2, 0) is 0 Å². The monoisotopic (exact) mass is 379 g/mol. The van der Waals surface area contributed by atoms with Crippen LogP contribution in [0.15, 0.2) is 42.5 Å². The van der Waals surface area contributed by atoms with Crippen molar-refractivity contribution in [2.45, 2.75) is 13.8 Å². The number of hydrogen-bond acceptors (Lipinski definition) is 2. The van der Waals surface area contributed by atoms with Gasteiger partial charge in [0.1, 0.15) is 0 Å². The van der Waals surface area contributed by atoms with E-state index in [0.29, 0.717) is 18.1 Å². The molecule has 0 aliphatic carbocycles. The van der Waals surface area contributed by atoms with Crippen LogP contribution in [-0.4, -0.2) is 37.1 Å². The van der Waals surface area contributed by atoms with Gasteiger partial charge in [0.05, 0.1) is 0 Å². The first kappa shape index (κ1) is 19.4. The number of hydrogen-bond donors (Lipinski definition) is 1. The summed E-state index contributed by atoms with van der Waals surface area (Å²) in [5, 5.41) is 3.53. The van der Waals surface area contributed by atoms with E-state index < -0.39 is 0 Å². The van der Waals surface area contributed by atoms with Gasteiger partial charge in [-0.05, 0) is 49.2 Å². The zero-order valence-corrected chi connectivity index (χ0v) is 16.0. The molecule has 2 aromatic carbocycles. The number of benzene rings is 2. The van der Waals surface area contributed by atoms with Gasteiger partial charge in [0.15, 0.2) is 0 Å². The van der Waals surface area contributed by atoms with Crippen molar-refractivity contribution in [3.8, 4) is 0 Å². The van der Waals surface area contributed by atoms with Gasteiger partial charge in [-0.2, -0.15) is 0 Å². The van der Waals surface area contributed by atoms with Crippen molar-refractivity contribution in [1.82, 2.24) is 4.90 Å². The lowest BCUT2D eigenvalue weighted by atomic mass is 10.1. The smallest absolute Gasteiger partial charge is 0.321 e. The molecule has 4 nitrogen and oxygen atoms in total. The molecule has 1 heterocycles. The predicted octanol–water partition coefficient (Wildman–Crippen LogP) is 4.73. The standard InChI is InChI=1S/C19H22ClN3O.ClH/c1-14-5-3-8-18(15(14)2)22-9-11-23(12-10-22)19(24)21-17-7-4-6-16(20)13-17;/h3-8,13H,9-12H2,1-2H3,(H,21,24);1H. The van der Waals surface area contributed by atoms with Crippen molar-refractivity contribution in [2.75, 3.05) is 36.4 Å². The van der Waals surface area contributed by atoms with Crippen molar-refractivity contribution in [2.24, 2.45) is 0 Å². The zero-order valence-electron chi connectivity index (χ0n) is 14.5. The maximum absolute atomic E-state index is 12.4. The maximum atomic E-state index is 12.4. The Labute approximate surface area is 160 Å². The third-order valence-electron chi connectivity index (χ3n) is 4.56. The van der Waals surface area contributed by atoms with Gasteiger partial charge >= 0.3 is 6.03 Å². The molecule has 2 aromatic rings. The van der Waals surface area contributed by atoms with Gasteiger partial charge in [-0.3, -0.25) is 0 Å². The second-order valence-corrected chi connectivity index (χ2v) is 6.57. The Morgan fingerprint density at radius 2 is 1.72 bits per heavy atom. The summed E-state index contributed by atoms with van der Waals surface area (Å²) in [6.45, 7) is 7.39. The average molecular weight is 380 g/mol. The van der Waals surface area contributed by atoms with Crippen LogP contribution in [0.2, 0.25) is 5.02 Å². The Balaban J connectivity index is 0.00000225. The summed E-state index contributed by atoms with van der Waals surface area (Å²) in [6.07, 6.45) is 0. The number of carbonyl (C=O) groups is 1. The molecule has 0 spiro atoms. The van der Waals surface area contributed by atoms with E-state index >= 15 is 0 Å². The number of rotatable bonds is 2. The molecule has 1 aliphatic heterocycles. The van der Waals surface area contributed by atoms with Crippen molar-refractivity contribution in [3.63, 3.8) is 0 Å². The third kappa shape index (κ3) is 4.59. The molecule has 2 amide bonds. The Morgan fingerprint density at radius 3 is 2.40 bits per heavy atom. The summed E-state index contributed by atoms with van der Waals surface area (Å²) >= 11 is 5.96. The van der Waals surface area contributed by atoms with Gasteiger partial charge in [-0.25, -0.2) is 4.79 Å². The van der Waals surface area contributed by atoms with Crippen molar-refractivity contribution < 1.29 is 4.79 Å². The topological polar surface area (TPSA) is 35.6 Å². The minimum absolute atomic E-state index is 0. The molecule has 1 fully saturated rings. The quantitative estimate of drug-likeness (QED) is 0.818. The van der Waals surface area contributed by atoms with Crippen molar-refractivity contribution >= 4 is 41.4 Å². The molecule has 25 heavy (non-hydrogen) atoms. The lowest BCUT2D eigenvalue weighted by molar-refractivity contribution is 0.208. The number of piperazine rings is 1. The van der Waals surface area contributed by atoms with Gasteiger partial charge in [0.25, 0.3) is 0 Å². The fraction of sp³-hybridized carbons (Fsp3) is 0.316. The zero-order chi connectivity index (χ0) is 17.1. The van der Waals surface area contributed by atoms with Crippen LogP contribution < -0.4 is 10.2 Å².